The van der Waals surface area contributed by atoms with E-state index in [4.69, 9.17) is 14.6 Å². The fourth-order valence-electron chi connectivity index (χ4n) is 3.42. The Morgan fingerprint density at radius 2 is 2.23 bits per heavy atom. The highest BCUT2D eigenvalue weighted by molar-refractivity contribution is 5.90. The SMILES string of the molecule is O=C1O[C@@H](CO)CN1c1ccc(N2C[C@@H]3C[C@H]2CO3)c(F)c1. The number of aliphatic hydroxyl groups excluding tert-OH is 1. The number of rotatable bonds is 3. The lowest BCUT2D eigenvalue weighted by molar-refractivity contribution is 0.0963. The molecule has 0 spiro atoms. The molecule has 1 aromatic carbocycles. The van der Waals surface area contributed by atoms with Gasteiger partial charge in [-0.05, 0) is 24.6 Å². The van der Waals surface area contributed by atoms with E-state index in [1.54, 1.807) is 12.1 Å². The number of halogens is 1. The van der Waals surface area contributed by atoms with Crippen LogP contribution < -0.4 is 9.80 Å². The third-order valence-corrected chi connectivity index (χ3v) is 4.53. The molecule has 1 amide bonds. The Bertz CT molecular complexity index is 611. The average Bonchev–Trinajstić information content (AvgIpc) is 3.21. The molecule has 22 heavy (non-hydrogen) atoms. The summed E-state index contributed by atoms with van der Waals surface area (Å²) in [5, 5.41) is 9.05. The molecule has 3 aliphatic heterocycles. The second-order valence-corrected chi connectivity index (χ2v) is 5.93. The second-order valence-electron chi connectivity index (χ2n) is 5.93. The van der Waals surface area contributed by atoms with Crippen LogP contribution in [0.25, 0.3) is 0 Å². The first-order valence-electron chi connectivity index (χ1n) is 7.42. The number of nitrogens with zero attached hydrogens (tertiary/aromatic N) is 2. The molecule has 0 saturated carbocycles. The van der Waals surface area contributed by atoms with E-state index in [1.807, 2.05) is 4.90 Å². The minimum absolute atomic E-state index is 0.197. The normalized spacial score (nSPS) is 30.3. The smallest absolute Gasteiger partial charge is 0.414 e. The highest BCUT2D eigenvalue weighted by Crippen LogP contribution is 2.35. The molecule has 3 fully saturated rings. The predicted octanol–water partition coefficient (Wildman–Crippen LogP) is 1.12. The molecule has 3 heterocycles. The van der Waals surface area contributed by atoms with Crippen LogP contribution in [-0.4, -0.2) is 55.8 Å². The summed E-state index contributed by atoms with van der Waals surface area (Å²) in [7, 11) is 0. The molecule has 3 saturated heterocycles. The third kappa shape index (κ3) is 2.12. The van der Waals surface area contributed by atoms with Crippen molar-refractivity contribution in [3.05, 3.63) is 24.0 Å². The van der Waals surface area contributed by atoms with Gasteiger partial charge >= 0.3 is 6.09 Å². The molecular formula is C15H17FN2O4. The predicted molar refractivity (Wildman–Crippen MR) is 76.6 cm³/mol. The lowest BCUT2D eigenvalue weighted by Crippen LogP contribution is -2.37. The van der Waals surface area contributed by atoms with Gasteiger partial charge in [-0.1, -0.05) is 0 Å². The van der Waals surface area contributed by atoms with Gasteiger partial charge in [0, 0.05) is 6.54 Å². The maximum Gasteiger partial charge on any atom is 0.414 e. The van der Waals surface area contributed by atoms with Crippen LogP contribution in [0.3, 0.4) is 0 Å². The van der Waals surface area contributed by atoms with E-state index >= 15 is 0 Å². The summed E-state index contributed by atoms with van der Waals surface area (Å²) in [5.41, 5.74) is 0.994. The summed E-state index contributed by atoms with van der Waals surface area (Å²) < 4.78 is 25.0. The van der Waals surface area contributed by atoms with Crippen LogP contribution >= 0.6 is 0 Å². The van der Waals surface area contributed by atoms with Crippen LogP contribution in [0.2, 0.25) is 0 Å². The van der Waals surface area contributed by atoms with Crippen molar-refractivity contribution in [1.82, 2.24) is 0 Å². The maximum absolute atomic E-state index is 14.5. The summed E-state index contributed by atoms with van der Waals surface area (Å²) in [6.07, 6.45) is 0.0298. The van der Waals surface area contributed by atoms with Crippen molar-refractivity contribution in [2.45, 2.75) is 24.7 Å². The summed E-state index contributed by atoms with van der Waals surface area (Å²) in [4.78, 5) is 15.1. The second kappa shape index (κ2) is 5.10. The highest BCUT2D eigenvalue weighted by atomic mass is 19.1. The largest absolute Gasteiger partial charge is 0.441 e. The molecule has 1 N–H and O–H groups in total. The molecule has 4 rings (SSSR count). The van der Waals surface area contributed by atoms with Crippen molar-refractivity contribution >= 4 is 17.5 Å². The van der Waals surface area contributed by atoms with Gasteiger partial charge in [-0.15, -0.1) is 0 Å². The summed E-state index contributed by atoms with van der Waals surface area (Å²) in [5.74, 6) is -0.356. The number of carbonyl (C=O) groups excluding carboxylic acids is 1. The van der Waals surface area contributed by atoms with Crippen LogP contribution in [-0.2, 0) is 9.47 Å². The minimum Gasteiger partial charge on any atom is -0.441 e. The Kier molecular flexibility index (Phi) is 3.19. The Labute approximate surface area is 127 Å². The molecule has 2 bridgehead atoms. The van der Waals surface area contributed by atoms with Crippen LogP contribution in [0, 0.1) is 5.82 Å². The standard InChI is InChI=1S/C15H17FN2O4/c16-13-4-9(18-6-12(7-19)22-15(18)20)1-2-14(13)17-5-11-3-10(17)8-21-11/h1-2,4,10-12,19H,3,5-8H2/t10-,11-,12+/m0/s1. The zero-order valence-corrected chi connectivity index (χ0v) is 11.9. The van der Waals surface area contributed by atoms with Gasteiger partial charge in [0.1, 0.15) is 11.9 Å². The van der Waals surface area contributed by atoms with Gasteiger partial charge in [-0.25, -0.2) is 9.18 Å². The third-order valence-electron chi connectivity index (χ3n) is 4.53. The van der Waals surface area contributed by atoms with Crippen LogP contribution in [0.4, 0.5) is 20.6 Å². The van der Waals surface area contributed by atoms with Crippen molar-refractivity contribution in [1.29, 1.82) is 0 Å². The van der Waals surface area contributed by atoms with E-state index in [-0.39, 0.29) is 31.1 Å². The number of hydrogen-bond donors (Lipinski definition) is 1. The van der Waals surface area contributed by atoms with Crippen LogP contribution in [0.15, 0.2) is 18.2 Å². The lowest BCUT2D eigenvalue weighted by Gasteiger charge is -2.29. The van der Waals surface area contributed by atoms with Crippen LogP contribution in [0.5, 0.6) is 0 Å². The van der Waals surface area contributed by atoms with E-state index in [0.29, 0.717) is 24.5 Å². The molecule has 118 valence electrons. The number of fused-ring (bicyclic) bond motifs is 2. The molecule has 3 atom stereocenters. The Hall–Kier alpha value is -1.86. The molecular weight excluding hydrogens is 291 g/mol. The van der Waals surface area contributed by atoms with Gasteiger partial charge in [0.05, 0.1) is 43.3 Å². The summed E-state index contributed by atoms with van der Waals surface area (Å²) in [6.45, 7) is 1.35. The number of ether oxygens (including phenoxy) is 2. The van der Waals surface area contributed by atoms with Gasteiger partial charge in [0.25, 0.3) is 0 Å². The number of carbonyl (C=O) groups is 1. The number of morpholine rings is 1. The van der Waals surface area contributed by atoms with E-state index < -0.39 is 12.2 Å². The van der Waals surface area contributed by atoms with Crippen LogP contribution in [0.1, 0.15) is 6.42 Å². The number of cyclic esters (lactones) is 1. The topological polar surface area (TPSA) is 62.2 Å². The van der Waals surface area contributed by atoms with E-state index in [9.17, 15) is 9.18 Å². The number of amides is 1. The van der Waals surface area contributed by atoms with Gasteiger partial charge in [0.15, 0.2) is 0 Å². The van der Waals surface area contributed by atoms with Crippen molar-refractivity contribution < 1.29 is 23.8 Å². The fourth-order valence-corrected chi connectivity index (χ4v) is 3.42. The van der Waals surface area contributed by atoms with E-state index in [1.165, 1.54) is 11.0 Å². The first-order chi connectivity index (χ1) is 10.7. The highest BCUT2D eigenvalue weighted by Gasteiger charge is 2.40. The number of hydrogen-bond acceptors (Lipinski definition) is 5. The van der Waals surface area contributed by atoms with Gasteiger partial charge in [-0.2, -0.15) is 0 Å². The van der Waals surface area contributed by atoms with Crippen molar-refractivity contribution in [2.24, 2.45) is 0 Å². The Balaban J connectivity index is 1.57. The monoisotopic (exact) mass is 308 g/mol. The van der Waals surface area contributed by atoms with Crippen molar-refractivity contribution in [3.8, 4) is 0 Å². The molecule has 3 aliphatic rings. The number of benzene rings is 1. The minimum atomic E-state index is -0.556. The van der Waals surface area contributed by atoms with Crippen molar-refractivity contribution in [3.63, 3.8) is 0 Å². The molecule has 0 radical (unpaired) electrons. The Morgan fingerprint density at radius 1 is 1.36 bits per heavy atom. The van der Waals surface area contributed by atoms with Gasteiger partial charge < -0.3 is 19.5 Å². The first kappa shape index (κ1) is 13.8. The maximum atomic E-state index is 14.5. The first-order valence-corrected chi connectivity index (χ1v) is 7.42. The van der Waals surface area contributed by atoms with Gasteiger partial charge in [-0.3, -0.25) is 4.90 Å². The summed E-state index contributed by atoms with van der Waals surface area (Å²) in [6, 6.07) is 5.00. The summed E-state index contributed by atoms with van der Waals surface area (Å²) >= 11 is 0. The molecule has 1 aromatic rings. The zero-order chi connectivity index (χ0) is 15.3. The number of anilines is 2. The quantitative estimate of drug-likeness (QED) is 0.907. The van der Waals surface area contributed by atoms with Gasteiger partial charge in [0.2, 0.25) is 0 Å². The molecule has 6 nitrogen and oxygen atoms in total. The zero-order valence-electron chi connectivity index (χ0n) is 11.9. The lowest BCUT2D eigenvalue weighted by atomic mass is 10.2. The Morgan fingerprint density at radius 3 is 2.82 bits per heavy atom. The molecule has 0 aliphatic carbocycles. The van der Waals surface area contributed by atoms with E-state index in [2.05, 4.69) is 0 Å². The molecule has 7 heteroatoms. The number of aliphatic hydroxyl groups is 1. The fraction of sp³-hybridized carbons (Fsp3) is 0.533. The average molecular weight is 308 g/mol. The van der Waals surface area contributed by atoms with E-state index in [0.717, 1.165) is 6.42 Å². The van der Waals surface area contributed by atoms with Crippen molar-refractivity contribution in [2.75, 3.05) is 36.1 Å². The molecule has 0 unspecified atom stereocenters. The molecule has 0 aromatic heterocycles.